The molecule has 0 N–H and O–H groups in total. The Bertz CT molecular complexity index is 1240. The Morgan fingerprint density at radius 2 is 1.50 bits per heavy atom. The van der Waals surface area contributed by atoms with E-state index in [1.807, 2.05) is 73.6 Å². The number of anilines is 3. The molecule has 8 nitrogen and oxygen atoms in total. The molecule has 0 bridgehead atoms. The summed E-state index contributed by atoms with van der Waals surface area (Å²) in [5.41, 5.74) is 2.86. The summed E-state index contributed by atoms with van der Waals surface area (Å²) < 4.78 is 0. The highest BCUT2D eigenvalue weighted by Crippen LogP contribution is 2.47. The summed E-state index contributed by atoms with van der Waals surface area (Å²) >= 11 is 0. The zero-order chi connectivity index (χ0) is 24.0. The minimum absolute atomic E-state index is 0.0339. The topological polar surface area (TPSA) is 93.2 Å². The molecule has 0 radical (unpaired) electrons. The quantitative estimate of drug-likeness (QED) is 0.543. The number of para-hydroxylation sites is 1. The van der Waals surface area contributed by atoms with Gasteiger partial charge in [-0.25, -0.2) is 9.96 Å². The van der Waals surface area contributed by atoms with E-state index in [0.29, 0.717) is 5.69 Å². The minimum atomic E-state index is -1.33. The molecule has 3 atom stereocenters. The standard InChI is InChI=1S/C26H23N3O5/c1-27(2)18-12-8-16(9-13-18)22-21-23(34-29(22)20-6-4-3-5-7-20)25(31)28(24(21)30)19-14-10-17(11-15-19)26(32)33/h3-15,21-23H,1-2H3,(H,32,33)/p-1/t21-,22-,23+/m0/s1. The summed E-state index contributed by atoms with van der Waals surface area (Å²) in [6, 6.07) is 22.1. The third-order valence-corrected chi connectivity index (χ3v) is 6.24. The summed E-state index contributed by atoms with van der Waals surface area (Å²) in [7, 11) is 3.89. The molecule has 8 heteroatoms. The molecular weight excluding hydrogens is 434 g/mol. The fourth-order valence-electron chi connectivity index (χ4n) is 4.52. The Labute approximate surface area is 196 Å². The molecule has 172 valence electrons. The van der Waals surface area contributed by atoms with Gasteiger partial charge >= 0.3 is 0 Å². The van der Waals surface area contributed by atoms with Crippen molar-refractivity contribution < 1.29 is 24.3 Å². The lowest BCUT2D eigenvalue weighted by atomic mass is 9.90. The summed E-state index contributed by atoms with van der Waals surface area (Å²) in [5.74, 6) is -2.97. The first-order chi connectivity index (χ1) is 16.4. The maximum Gasteiger partial charge on any atom is 0.266 e. The van der Waals surface area contributed by atoms with Crippen molar-refractivity contribution >= 4 is 34.8 Å². The highest BCUT2D eigenvalue weighted by atomic mass is 16.7. The van der Waals surface area contributed by atoms with E-state index in [4.69, 9.17) is 4.84 Å². The van der Waals surface area contributed by atoms with Gasteiger partial charge in [-0.15, -0.1) is 0 Å². The second kappa shape index (κ2) is 8.31. The molecule has 2 aliphatic heterocycles. The van der Waals surface area contributed by atoms with Crippen LogP contribution in [0.4, 0.5) is 17.1 Å². The van der Waals surface area contributed by atoms with E-state index in [-0.39, 0.29) is 5.56 Å². The monoisotopic (exact) mass is 456 g/mol. The third kappa shape index (κ3) is 3.48. The van der Waals surface area contributed by atoms with E-state index in [1.54, 1.807) is 5.06 Å². The van der Waals surface area contributed by atoms with Crippen LogP contribution in [-0.4, -0.2) is 38.0 Å². The highest BCUT2D eigenvalue weighted by molar-refractivity contribution is 6.24. The molecule has 0 aromatic heterocycles. The summed E-state index contributed by atoms with van der Waals surface area (Å²) in [5, 5.41) is 12.7. The fourth-order valence-corrected chi connectivity index (χ4v) is 4.52. The van der Waals surface area contributed by atoms with Gasteiger partial charge in [0, 0.05) is 19.8 Å². The first-order valence-corrected chi connectivity index (χ1v) is 10.8. The molecule has 34 heavy (non-hydrogen) atoms. The number of hydrogen-bond donors (Lipinski definition) is 0. The van der Waals surface area contributed by atoms with Crippen molar-refractivity contribution in [3.8, 4) is 0 Å². The summed E-state index contributed by atoms with van der Waals surface area (Å²) in [6.45, 7) is 0. The van der Waals surface area contributed by atoms with E-state index < -0.39 is 35.8 Å². The number of carbonyl (C=O) groups excluding carboxylic acids is 3. The molecule has 0 saturated carbocycles. The highest BCUT2D eigenvalue weighted by Gasteiger charge is 2.60. The first kappa shape index (κ1) is 21.7. The Kier molecular flexibility index (Phi) is 5.30. The summed E-state index contributed by atoms with van der Waals surface area (Å²) in [6.07, 6.45) is -0.993. The van der Waals surface area contributed by atoms with Gasteiger partial charge in [-0.1, -0.05) is 42.5 Å². The SMILES string of the molecule is CN(C)c1ccc([C@H]2[C@@H]3C(=O)N(c4ccc(C(=O)[O-])cc4)C(=O)[C@@H]3ON2c2ccccc2)cc1. The van der Waals surface area contributed by atoms with E-state index in [0.717, 1.165) is 21.8 Å². The van der Waals surface area contributed by atoms with Gasteiger partial charge in [-0.3, -0.25) is 14.4 Å². The lowest BCUT2D eigenvalue weighted by Gasteiger charge is -2.29. The van der Waals surface area contributed by atoms with Crippen molar-refractivity contribution in [3.05, 3.63) is 90.0 Å². The molecular formula is C26H22N3O5-. The van der Waals surface area contributed by atoms with Gasteiger partial charge in [0.05, 0.1) is 23.4 Å². The Hall–Kier alpha value is -4.17. The first-order valence-electron chi connectivity index (χ1n) is 10.8. The summed E-state index contributed by atoms with van der Waals surface area (Å²) in [4.78, 5) is 47.2. The third-order valence-electron chi connectivity index (χ3n) is 6.24. The van der Waals surface area contributed by atoms with Gasteiger partial charge in [0.25, 0.3) is 5.91 Å². The van der Waals surface area contributed by atoms with Gasteiger partial charge in [-0.05, 0) is 47.5 Å². The number of carbonyl (C=O) groups is 3. The van der Waals surface area contributed by atoms with Crippen molar-refractivity contribution in [2.24, 2.45) is 5.92 Å². The number of amides is 2. The van der Waals surface area contributed by atoms with Gasteiger partial charge in [-0.2, -0.15) is 0 Å². The molecule has 0 aliphatic carbocycles. The predicted molar refractivity (Wildman–Crippen MR) is 124 cm³/mol. The molecule has 2 saturated heterocycles. The fraction of sp³-hybridized carbons (Fsp3) is 0.192. The van der Waals surface area contributed by atoms with Crippen LogP contribution in [0.15, 0.2) is 78.9 Å². The van der Waals surface area contributed by atoms with Crippen molar-refractivity contribution in [2.45, 2.75) is 12.1 Å². The number of benzene rings is 3. The number of carboxylic acids is 1. The van der Waals surface area contributed by atoms with E-state index in [2.05, 4.69) is 0 Å². The molecule has 5 rings (SSSR count). The van der Waals surface area contributed by atoms with Crippen LogP contribution in [0.3, 0.4) is 0 Å². The number of hydroxylamine groups is 1. The average molecular weight is 456 g/mol. The molecule has 2 heterocycles. The van der Waals surface area contributed by atoms with Crippen LogP contribution in [0, 0.1) is 5.92 Å². The van der Waals surface area contributed by atoms with Crippen molar-refractivity contribution in [1.82, 2.24) is 0 Å². The maximum absolute atomic E-state index is 13.6. The van der Waals surface area contributed by atoms with Crippen LogP contribution in [0.5, 0.6) is 0 Å². The second-order valence-electron chi connectivity index (χ2n) is 8.49. The number of nitrogens with zero attached hydrogens (tertiary/aromatic N) is 3. The van der Waals surface area contributed by atoms with Crippen LogP contribution >= 0.6 is 0 Å². The number of fused-ring (bicyclic) bond motifs is 1. The van der Waals surface area contributed by atoms with E-state index in [9.17, 15) is 19.5 Å². The number of rotatable bonds is 5. The molecule has 2 fully saturated rings. The molecule has 0 unspecified atom stereocenters. The normalized spacial score (nSPS) is 21.6. The van der Waals surface area contributed by atoms with Crippen molar-refractivity contribution in [1.29, 1.82) is 0 Å². The molecule has 2 amide bonds. The van der Waals surface area contributed by atoms with Crippen LogP contribution in [0.1, 0.15) is 22.0 Å². The number of aromatic carboxylic acids is 1. The Morgan fingerprint density at radius 1 is 0.853 bits per heavy atom. The maximum atomic E-state index is 13.6. The van der Waals surface area contributed by atoms with Gasteiger partial charge in [0.2, 0.25) is 5.91 Å². The Morgan fingerprint density at radius 3 is 2.09 bits per heavy atom. The van der Waals surface area contributed by atoms with Crippen LogP contribution in [0.25, 0.3) is 0 Å². The zero-order valence-electron chi connectivity index (χ0n) is 18.6. The van der Waals surface area contributed by atoms with Crippen LogP contribution in [0.2, 0.25) is 0 Å². The largest absolute Gasteiger partial charge is 0.545 e. The van der Waals surface area contributed by atoms with Gasteiger partial charge < -0.3 is 14.8 Å². The number of imide groups is 1. The number of carboxylic acid groups (broad SMARTS) is 1. The lowest BCUT2D eigenvalue weighted by Crippen LogP contribution is -2.37. The molecule has 3 aromatic carbocycles. The second-order valence-corrected chi connectivity index (χ2v) is 8.49. The molecule has 2 aliphatic rings. The van der Waals surface area contributed by atoms with Gasteiger partial charge in [0.15, 0.2) is 6.10 Å². The van der Waals surface area contributed by atoms with Crippen molar-refractivity contribution in [2.75, 3.05) is 29.0 Å². The minimum Gasteiger partial charge on any atom is -0.545 e. The smallest absolute Gasteiger partial charge is 0.266 e. The Balaban J connectivity index is 1.54. The zero-order valence-corrected chi connectivity index (χ0v) is 18.6. The van der Waals surface area contributed by atoms with Crippen LogP contribution in [-0.2, 0) is 14.4 Å². The van der Waals surface area contributed by atoms with Crippen molar-refractivity contribution in [3.63, 3.8) is 0 Å². The van der Waals surface area contributed by atoms with Crippen LogP contribution < -0.4 is 20.0 Å². The molecule has 3 aromatic rings. The lowest BCUT2D eigenvalue weighted by molar-refractivity contribution is -0.255. The van der Waals surface area contributed by atoms with Gasteiger partial charge in [0.1, 0.15) is 5.92 Å². The van der Waals surface area contributed by atoms with E-state index in [1.165, 1.54) is 24.3 Å². The van der Waals surface area contributed by atoms with E-state index >= 15 is 0 Å². The number of hydrogen-bond acceptors (Lipinski definition) is 7. The average Bonchev–Trinajstić information content (AvgIpc) is 3.35. The predicted octanol–water partition coefficient (Wildman–Crippen LogP) is 2.17. The molecule has 0 spiro atoms.